The van der Waals surface area contributed by atoms with E-state index < -0.39 is 0 Å². The van der Waals surface area contributed by atoms with Gasteiger partial charge in [0.1, 0.15) is 0 Å². The molecule has 0 radical (unpaired) electrons. The average Bonchev–Trinajstić information content (AvgIpc) is 2.67. The van der Waals surface area contributed by atoms with Crippen molar-refractivity contribution in [2.75, 3.05) is 5.32 Å². The maximum absolute atomic E-state index is 12.4. The lowest BCUT2D eigenvalue weighted by Crippen LogP contribution is -2.23. The Balaban J connectivity index is 1.63. The van der Waals surface area contributed by atoms with Gasteiger partial charge in [-0.15, -0.1) is 0 Å². The summed E-state index contributed by atoms with van der Waals surface area (Å²) in [5, 5.41) is 6.34. The van der Waals surface area contributed by atoms with Gasteiger partial charge in [0.25, 0.3) is 5.91 Å². The Labute approximate surface area is 154 Å². The first-order valence-corrected chi connectivity index (χ1v) is 8.72. The average molecular weight is 345 g/mol. The van der Waals surface area contributed by atoms with Crippen molar-refractivity contribution < 1.29 is 4.79 Å². The predicted octanol–water partition coefficient (Wildman–Crippen LogP) is 4.49. The van der Waals surface area contributed by atoms with Gasteiger partial charge in [-0.3, -0.25) is 9.78 Å². The summed E-state index contributed by atoms with van der Waals surface area (Å²) in [6.45, 7) is 4.62. The lowest BCUT2D eigenvalue weighted by molar-refractivity contribution is 0.0950. The van der Waals surface area contributed by atoms with Crippen LogP contribution in [0.3, 0.4) is 0 Å². The van der Waals surface area contributed by atoms with E-state index in [9.17, 15) is 4.79 Å². The first-order chi connectivity index (χ1) is 12.6. The third-order valence-corrected chi connectivity index (χ3v) is 4.22. The predicted molar refractivity (Wildman–Crippen MR) is 105 cm³/mol. The standard InChI is InChI=1S/C22H23N3O/c1-16-7-6-8-18(11-16)13-24-22(26)20-12-21(15-23-14-20)25-17(2)19-9-4-3-5-10-19/h3-12,14-15,17,25H,13H2,1-2H3,(H,24,26). The summed E-state index contributed by atoms with van der Waals surface area (Å²) >= 11 is 0. The second-order valence-electron chi connectivity index (χ2n) is 6.41. The molecule has 0 bridgehead atoms. The van der Waals surface area contributed by atoms with Crippen molar-refractivity contribution in [3.8, 4) is 0 Å². The van der Waals surface area contributed by atoms with Crippen LogP contribution in [-0.2, 0) is 6.54 Å². The smallest absolute Gasteiger partial charge is 0.253 e. The van der Waals surface area contributed by atoms with Gasteiger partial charge in [-0.25, -0.2) is 0 Å². The second kappa shape index (κ2) is 8.30. The van der Waals surface area contributed by atoms with Crippen LogP contribution in [0, 0.1) is 6.92 Å². The Morgan fingerprint density at radius 1 is 1.04 bits per heavy atom. The fraction of sp³-hybridized carbons (Fsp3) is 0.182. The monoisotopic (exact) mass is 345 g/mol. The third kappa shape index (κ3) is 4.70. The van der Waals surface area contributed by atoms with Crippen LogP contribution in [-0.4, -0.2) is 10.9 Å². The van der Waals surface area contributed by atoms with Gasteiger partial charge in [0.15, 0.2) is 0 Å². The maximum atomic E-state index is 12.4. The molecule has 1 atom stereocenters. The van der Waals surface area contributed by atoms with Crippen molar-refractivity contribution in [1.82, 2.24) is 10.3 Å². The number of pyridine rings is 1. The number of amides is 1. The van der Waals surface area contributed by atoms with Gasteiger partial charge < -0.3 is 10.6 Å². The highest BCUT2D eigenvalue weighted by molar-refractivity contribution is 5.94. The van der Waals surface area contributed by atoms with Crippen molar-refractivity contribution >= 4 is 11.6 Å². The molecule has 0 fully saturated rings. The van der Waals surface area contributed by atoms with Crippen LogP contribution in [0.1, 0.15) is 40.0 Å². The van der Waals surface area contributed by atoms with Gasteiger partial charge in [0.05, 0.1) is 11.3 Å². The third-order valence-electron chi connectivity index (χ3n) is 4.22. The molecular formula is C22H23N3O. The number of carbonyl (C=O) groups excluding carboxylic acids is 1. The number of rotatable bonds is 6. The number of aromatic nitrogens is 1. The van der Waals surface area contributed by atoms with E-state index in [1.54, 1.807) is 12.4 Å². The van der Waals surface area contributed by atoms with Crippen molar-refractivity contribution in [3.63, 3.8) is 0 Å². The van der Waals surface area contributed by atoms with Crippen LogP contribution in [0.2, 0.25) is 0 Å². The lowest BCUT2D eigenvalue weighted by Gasteiger charge is -2.16. The molecule has 132 valence electrons. The van der Waals surface area contributed by atoms with Crippen LogP contribution in [0.4, 0.5) is 5.69 Å². The fourth-order valence-corrected chi connectivity index (χ4v) is 2.82. The molecule has 3 aromatic rings. The number of aryl methyl sites for hydroxylation is 1. The summed E-state index contributed by atoms with van der Waals surface area (Å²) in [5.74, 6) is -0.130. The molecule has 2 aromatic carbocycles. The van der Waals surface area contributed by atoms with E-state index >= 15 is 0 Å². The molecule has 2 N–H and O–H groups in total. The van der Waals surface area contributed by atoms with E-state index in [-0.39, 0.29) is 11.9 Å². The summed E-state index contributed by atoms with van der Waals surface area (Å²) in [6, 6.07) is 20.2. The summed E-state index contributed by atoms with van der Waals surface area (Å²) < 4.78 is 0. The largest absolute Gasteiger partial charge is 0.377 e. The Bertz CT molecular complexity index is 877. The van der Waals surface area contributed by atoms with Gasteiger partial charge in [-0.2, -0.15) is 0 Å². The van der Waals surface area contributed by atoms with E-state index in [4.69, 9.17) is 0 Å². The van der Waals surface area contributed by atoms with Gasteiger partial charge in [0, 0.05) is 25.0 Å². The molecule has 0 saturated heterocycles. The summed E-state index contributed by atoms with van der Waals surface area (Å²) in [5.41, 5.74) is 4.81. The Kier molecular flexibility index (Phi) is 5.64. The quantitative estimate of drug-likeness (QED) is 0.692. The van der Waals surface area contributed by atoms with Crippen LogP contribution in [0.25, 0.3) is 0 Å². The van der Waals surface area contributed by atoms with Crippen LogP contribution in [0.5, 0.6) is 0 Å². The Morgan fingerprint density at radius 2 is 1.85 bits per heavy atom. The highest BCUT2D eigenvalue weighted by atomic mass is 16.1. The summed E-state index contributed by atoms with van der Waals surface area (Å²) in [6.07, 6.45) is 3.32. The van der Waals surface area contributed by atoms with Crippen molar-refractivity contribution in [2.45, 2.75) is 26.4 Å². The minimum absolute atomic E-state index is 0.128. The van der Waals surface area contributed by atoms with E-state index in [1.165, 1.54) is 11.1 Å². The molecule has 1 amide bonds. The molecule has 4 nitrogen and oxygen atoms in total. The number of anilines is 1. The molecule has 1 heterocycles. The van der Waals surface area contributed by atoms with Gasteiger partial charge in [0.2, 0.25) is 0 Å². The zero-order valence-corrected chi connectivity index (χ0v) is 15.1. The van der Waals surface area contributed by atoms with E-state index in [2.05, 4.69) is 40.7 Å². The van der Waals surface area contributed by atoms with Crippen molar-refractivity contribution in [2.24, 2.45) is 0 Å². The second-order valence-corrected chi connectivity index (χ2v) is 6.41. The van der Waals surface area contributed by atoms with Crippen molar-refractivity contribution in [3.05, 3.63) is 95.3 Å². The van der Waals surface area contributed by atoms with Gasteiger partial charge in [-0.05, 0) is 31.0 Å². The SMILES string of the molecule is Cc1cccc(CNC(=O)c2cncc(NC(C)c3ccccc3)c2)c1. The van der Waals surface area contributed by atoms with Crippen molar-refractivity contribution in [1.29, 1.82) is 0 Å². The molecule has 0 aliphatic heterocycles. The number of nitrogens with zero attached hydrogens (tertiary/aromatic N) is 1. The molecule has 26 heavy (non-hydrogen) atoms. The van der Waals surface area contributed by atoms with Gasteiger partial charge in [-0.1, -0.05) is 60.2 Å². The zero-order chi connectivity index (χ0) is 18.4. The van der Waals surface area contributed by atoms with E-state index in [1.807, 2.05) is 49.4 Å². The first kappa shape index (κ1) is 17.7. The topological polar surface area (TPSA) is 54.0 Å². The molecule has 1 unspecified atom stereocenters. The molecule has 3 rings (SSSR count). The molecule has 0 spiro atoms. The number of carbonyl (C=O) groups is 1. The summed E-state index contributed by atoms with van der Waals surface area (Å²) in [4.78, 5) is 16.6. The highest BCUT2D eigenvalue weighted by Gasteiger charge is 2.09. The number of hydrogen-bond donors (Lipinski definition) is 2. The molecule has 0 aliphatic rings. The van der Waals surface area contributed by atoms with E-state index in [0.717, 1.165) is 11.3 Å². The fourth-order valence-electron chi connectivity index (χ4n) is 2.82. The zero-order valence-electron chi connectivity index (χ0n) is 15.1. The summed E-state index contributed by atoms with van der Waals surface area (Å²) in [7, 11) is 0. The highest BCUT2D eigenvalue weighted by Crippen LogP contribution is 2.19. The van der Waals surface area contributed by atoms with Gasteiger partial charge >= 0.3 is 0 Å². The molecule has 4 heteroatoms. The Hall–Kier alpha value is -3.14. The minimum Gasteiger partial charge on any atom is -0.377 e. The van der Waals surface area contributed by atoms with Crippen LogP contribution >= 0.6 is 0 Å². The number of benzene rings is 2. The molecule has 0 aliphatic carbocycles. The normalized spacial score (nSPS) is 11.6. The Morgan fingerprint density at radius 3 is 2.62 bits per heavy atom. The number of hydrogen-bond acceptors (Lipinski definition) is 3. The van der Waals surface area contributed by atoms with E-state index in [0.29, 0.717) is 12.1 Å². The molecule has 0 saturated carbocycles. The maximum Gasteiger partial charge on any atom is 0.253 e. The first-order valence-electron chi connectivity index (χ1n) is 8.72. The lowest BCUT2D eigenvalue weighted by atomic mass is 10.1. The number of nitrogens with one attached hydrogen (secondary N) is 2. The minimum atomic E-state index is -0.130. The molecular weight excluding hydrogens is 322 g/mol. The van der Waals surface area contributed by atoms with Crippen LogP contribution < -0.4 is 10.6 Å². The van der Waals surface area contributed by atoms with Crippen LogP contribution in [0.15, 0.2) is 73.1 Å². The molecule has 1 aromatic heterocycles.